The van der Waals surface area contributed by atoms with E-state index in [1.165, 1.54) is 29.6 Å². The van der Waals surface area contributed by atoms with E-state index in [0.29, 0.717) is 17.3 Å². The third-order valence-corrected chi connectivity index (χ3v) is 7.24. The number of sulfonamides is 1. The highest BCUT2D eigenvalue weighted by Crippen LogP contribution is 2.32. The monoisotopic (exact) mass is 422 g/mol. The van der Waals surface area contributed by atoms with Gasteiger partial charge in [-0.15, -0.1) is 0 Å². The molecule has 3 rings (SSSR count). The van der Waals surface area contributed by atoms with Crippen molar-refractivity contribution in [1.82, 2.24) is 4.31 Å². The average Bonchev–Trinajstić information content (AvgIpc) is 2.69. The van der Waals surface area contributed by atoms with Crippen molar-refractivity contribution in [3.8, 4) is 5.75 Å². The van der Waals surface area contributed by atoms with Gasteiger partial charge >= 0.3 is 0 Å². The maximum atomic E-state index is 13.3. The lowest BCUT2D eigenvalue weighted by atomic mass is 10.1. The Morgan fingerprint density at radius 3 is 2.64 bits per heavy atom. The molecule has 6 nitrogen and oxygen atoms in total. The van der Waals surface area contributed by atoms with E-state index in [9.17, 15) is 13.2 Å². The Morgan fingerprint density at radius 2 is 1.96 bits per heavy atom. The smallest absolute Gasteiger partial charge is 0.255 e. The molecule has 150 valence electrons. The molecule has 28 heavy (non-hydrogen) atoms. The summed E-state index contributed by atoms with van der Waals surface area (Å²) in [6.07, 6.45) is 2.64. The summed E-state index contributed by atoms with van der Waals surface area (Å²) in [5.41, 5.74) is 0.669. The number of hydrogen-bond acceptors (Lipinski definition) is 4. The number of amides is 1. The van der Waals surface area contributed by atoms with Crippen molar-refractivity contribution < 1.29 is 17.9 Å². The van der Waals surface area contributed by atoms with Gasteiger partial charge in [-0.3, -0.25) is 4.79 Å². The molecule has 8 heteroatoms. The van der Waals surface area contributed by atoms with Crippen LogP contribution in [0.25, 0.3) is 0 Å². The Balaban J connectivity index is 1.96. The van der Waals surface area contributed by atoms with Crippen molar-refractivity contribution in [2.75, 3.05) is 19.0 Å². The number of nitrogens with one attached hydrogen (secondary N) is 1. The average molecular weight is 423 g/mol. The first-order chi connectivity index (χ1) is 13.3. The summed E-state index contributed by atoms with van der Waals surface area (Å²) in [6.45, 7) is 2.36. The lowest BCUT2D eigenvalue weighted by molar-refractivity contribution is 0.102. The molecule has 2 aromatic carbocycles. The number of ether oxygens (including phenoxy) is 1. The summed E-state index contributed by atoms with van der Waals surface area (Å²) in [5.74, 6) is -0.231. The molecule has 1 unspecified atom stereocenters. The number of hydrogen-bond donors (Lipinski definition) is 1. The van der Waals surface area contributed by atoms with E-state index in [2.05, 4.69) is 5.32 Å². The molecule has 0 aromatic heterocycles. The number of halogens is 1. The van der Waals surface area contributed by atoms with Crippen LogP contribution in [0, 0.1) is 0 Å². The van der Waals surface area contributed by atoms with Crippen molar-refractivity contribution in [2.24, 2.45) is 0 Å². The second-order valence-corrected chi connectivity index (χ2v) is 9.03. The van der Waals surface area contributed by atoms with Gasteiger partial charge in [0.2, 0.25) is 10.0 Å². The molecule has 1 fully saturated rings. The van der Waals surface area contributed by atoms with Gasteiger partial charge < -0.3 is 10.1 Å². The first-order valence-electron chi connectivity index (χ1n) is 9.10. The Kier molecular flexibility index (Phi) is 6.27. The predicted octanol–water partition coefficient (Wildman–Crippen LogP) is 4.16. The van der Waals surface area contributed by atoms with Gasteiger partial charge in [0.15, 0.2) is 0 Å². The zero-order chi connectivity index (χ0) is 20.3. The van der Waals surface area contributed by atoms with E-state index in [1.54, 1.807) is 24.3 Å². The highest BCUT2D eigenvalue weighted by atomic mass is 35.5. The number of para-hydroxylation sites is 1. The highest BCUT2D eigenvalue weighted by molar-refractivity contribution is 7.89. The van der Waals surface area contributed by atoms with Crippen LogP contribution in [0.2, 0.25) is 5.02 Å². The number of benzene rings is 2. The third kappa shape index (κ3) is 4.16. The normalized spacial score (nSPS) is 17.9. The van der Waals surface area contributed by atoms with Gasteiger partial charge in [-0.1, -0.05) is 30.2 Å². The molecule has 1 atom stereocenters. The molecule has 1 saturated heterocycles. The molecule has 1 aliphatic heterocycles. The molecule has 1 heterocycles. The van der Waals surface area contributed by atoms with Crippen molar-refractivity contribution in [1.29, 1.82) is 0 Å². The molecule has 0 saturated carbocycles. The maximum Gasteiger partial charge on any atom is 0.255 e. The van der Waals surface area contributed by atoms with E-state index < -0.39 is 15.9 Å². The van der Waals surface area contributed by atoms with Crippen LogP contribution in [0.15, 0.2) is 47.4 Å². The summed E-state index contributed by atoms with van der Waals surface area (Å²) in [5, 5.41) is 3.11. The minimum absolute atomic E-state index is 0.00411. The Labute approximate surface area is 170 Å². The first kappa shape index (κ1) is 20.6. The number of anilines is 1. The highest BCUT2D eigenvalue weighted by Gasteiger charge is 2.33. The topological polar surface area (TPSA) is 75.7 Å². The summed E-state index contributed by atoms with van der Waals surface area (Å²) < 4.78 is 33.3. The SMILES string of the molecule is COc1ccc(C(=O)Nc2ccccc2Cl)cc1S(=O)(=O)N1CCCCC1C. The van der Waals surface area contributed by atoms with E-state index in [-0.39, 0.29) is 22.3 Å². The molecular weight excluding hydrogens is 400 g/mol. The van der Waals surface area contributed by atoms with Gasteiger partial charge in [0.05, 0.1) is 17.8 Å². The third-order valence-electron chi connectivity index (χ3n) is 4.88. The van der Waals surface area contributed by atoms with Crippen LogP contribution in [-0.2, 0) is 10.0 Å². The van der Waals surface area contributed by atoms with Crippen LogP contribution < -0.4 is 10.1 Å². The molecule has 1 aliphatic rings. The van der Waals surface area contributed by atoms with Crippen LogP contribution in [0.5, 0.6) is 5.75 Å². The molecular formula is C20H23ClN2O4S. The Morgan fingerprint density at radius 1 is 1.21 bits per heavy atom. The fourth-order valence-electron chi connectivity index (χ4n) is 3.33. The Hall–Kier alpha value is -2.09. The molecule has 1 N–H and O–H groups in total. The fraction of sp³-hybridized carbons (Fsp3) is 0.350. The van der Waals surface area contributed by atoms with Gasteiger partial charge in [-0.25, -0.2) is 8.42 Å². The first-order valence-corrected chi connectivity index (χ1v) is 10.9. The summed E-state index contributed by atoms with van der Waals surface area (Å²) in [7, 11) is -2.37. The number of carbonyl (C=O) groups excluding carboxylic acids is 1. The van der Waals surface area contributed by atoms with E-state index in [4.69, 9.17) is 16.3 Å². The van der Waals surface area contributed by atoms with Gasteiger partial charge in [-0.2, -0.15) is 4.31 Å². The molecule has 0 spiro atoms. The maximum absolute atomic E-state index is 13.3. The van der Waals surface area contributed by atoms with Crippen LogP contribution in [0.4, 0.5) is 5.69 Å². The summed E-state index contributed by atoms with van der Waals surface area (Å²) in [4.78, 5) is 12.7. The molecule has 0 aliphatic carbocycles. The molecule has 0 bridgehead atoms. The lowest BCUT2D eigenvalue weighted by Crippen LogP contribution is -2.42. The zero-order valence-electron chi connectivity index (χ0n) is 15.8. The van der Waals surface area contributed by atoms with Gasteiger partial charge in [0, 0.05) is 18.2 Å². The van der Waals surface area contributed by atoms with E-state index >= 15 is 0 Å². The van der Waals surface area contributed by atoms with Crippen LogP contribution >= 0.6 is 11.6 Å². The van der Waals surface area contributed by atoms with Crippen molar-refractivity contribution >= 4 is 33.2 Å². The van der Waals surface area contributed by atoms with Crippen molar-refractivity contribution in [2.45, 2.75) is 37.1 Å². The Bertz CT molecular complexity index is 978. The zero-order valence-corrected chi connectivity index (χ0v) is 17.4. The second kappa shape index (κ2) is 8.51. The van der Waals surface area contributed by atoms with Crippen molar-refractivity contribution in [3.05, 3.63) is 53.1 Å². The number of carbonyl (C=O) groups is 1. The lowest BCUT2D eigenvalue weighted by Gasteiger charge is -2.32. The van der Waals surface area contributed by atoms with Gasteiger partial charge in [0.1, 0.15) is 10.6 Å². The number of piperidine rings is 1. The van der Waals surface area contributed by atoms with Gasteiger partial charge in [-0.05, 0) is 50.1 Å². The van der Waals surface area contributed by atoms with Crippen LogP contribution in [-0.4, -0.2) is 38.3 Å². The van der Waals surface area contributed by atoms with E-state index in [0.717, 1.165) is 19.3 Å². The van der Waals surface area contributed by atoms with Gasteiger partial charge in [0.25, 0.3) is 5.91 Å². The minimum Gasteiger partial charge on any atom is -0.495 e. The summed E-state index contributed by atoms with van der Waals surface area (Å²) in [6, 6.07) is 11.2. The largest absolute Gasteiger partial charge is 0.495 e. The minimum atomic E-state index is -3.79. The number of rotatable bonds is 5. The number of nitrogens with zero attached hydrogens (tertiary/aromatic N) is 1. The summed E-state index contributed by atoms with van der Waals surface area (Å²) >= 11 is 6.09. The standard InChI is InChI=1S/C20H23ClN2O4S/c1-14-7-5-6-12-23(14)28(25,26)19-13-15(10-11-18(19)27-2)20(24)22-17-9-4-3-8-16(17)21/h3-4,8-11,13-14H,5-7,12H2,1-2H3,(H,22,24). The van der Waals surface area contributed by atoms with E-state index in [1.807, 2.05) is 6.92 Å². The molecule has 0 radical (unpaired) electrons. The molecule has 2 aromatic rings. The van der Waals surface area contributed by atoms with Crippen LogP contribution in [0.3, 0.4) is 0 Å². The van der Waals surface area contributed by atoms with Crippen molar-refractivity contribution in [3.63, 3.8) is 0 Å². The molecule has 1 amide bonds. The van der Waals surface area contributed by atoms with Crippen LogP contribution in [0.1, 0.15) is 36.5 Å². The predicted molar refractivity (Wildman–Crippen MR) is 110 cm³/mol. The second-order valence-electron chi connectivity index (χ2n) is 6.76. The fourth-order valence-corrected chi connectivity index (χ4v) is 5.40. The number of methoxy groups -OCH3 is 1. The quantitative estimate of drug-likeness (QED) is 0.784.